The van der Waals surface area contributed by atoms with Gasteiger partial charge in [-0.1, -0.05) is 77.4 Å². The highest BCUT2D eigenvalue weighted by Gasteiger charge is 2.15. The molecule has 27 heavy (non-hydrogen) atoms. The molecule has 0 saturated carbocycles. The molecule has 0 radical (unpaired) electrons. The zero-order valence-corrected chi connectivity index (χ0v) is 16.6. The summed E-state index contributed by atoms with van der Waals surface area (Å²) in [5.74, 6) is 0.683. The zero-order chi connectivity index (χ0) is 19.2. The SMILES string of the molecule is C=CCn1c(SCC(=O)Nc2cccc(Cl)c2Cl)nnc1-c1ccccc1. The second-order valence-corrected chi connectivity index (χ2v) is 7.24. The fraction of sp³-hybridized carbons (Fsp3) is 0.105. The molecule has 0 saturated heterocycles. The van der Waals surface area contributed by atoms with Crippen molar-refractivity contribution in [3.8, 4) is 11.4 Å². The number of allylic oxidation sites excluding steroid dienone is 1. The lowest BCUT2D eigenvalue weighted by Gasteiger charge is -2.09. The van der Waals surface area contributed by atoms with E-state index < -0.39 is 0 Å². The third kappa shape index (κ3) is 4.71. The van der Waals surface area contributed by atoms with Crippen LogP contribution in [0.4, 0.5) is 5.69 Å². The molecule has 0 atom stereocenters. The molecule has 0 aliphatic carbocycles. The van der Waals surface area contributed by atoms with Gasteiger partial charge in [-0.05, 0) is 12.1 Å². The summed E-state index contributed by atoms with van der Waals surface area (Å²) in [5.41, 5.74) is 1.43. The number of carbonyl (C=O) groups is 1. The van der Waals surface area contributed by atoms with Gasteiger partial charge in [0.05, 0.1) is 21.5 Å². The van der Waals surface area contributed by atoms with E-state index in [1.807, 2.05) is 34.9 Å². The third-order valence-electron chi connectivity index (χ3n) is 3.62. The molecule has 1 N–H and O–H groups in total. The van der Waals surface area contributed by atoms with Crippen LogP contribution in [0.2, 0.25) is 10.0 Å². The topological polar surface area (TPSA) is 59.8 Å². The van der Waals surface area contributed by atoms with Crippen LogP contribution in [-0.4, -0.2) is 26.4 Å². The maximum atomic E-state index is 12.3. The van der Waals surface area contributed by atoms with E-state index in [0.29, 0.717) is 27.4 Å². The lowest BCUT2D eigenvalue weighted by Crippen LogP contribution is -2.15. The van der Waals surface area contributed by atoms with Gasteiger partial charge < -0.3 is 5.32 Å². The molecular weight excluding hydrogens is 403 g/mol. The van der Waals surface area contributed by atoms with Crippen LogP contribution < -0.4 is 5.32 Å². The highest BCUT2D eigenvalue weighted by molar-refractivity contribution is 7.99. The first-order valence-electron chi connectivity index (χ1n) is 8.06. The van der Waals surface area contributed by atoms with E-state index in [0.717, 1.165) is 11.4 Å². The van der Waals surface area contributed by atoms with Gasteiger partial charge in [0.25, 0.3) is 0 Å². The molecular formula is C19H16Cl2N4OS. The van der Waals surface area contributed by atoms with Crippen molar-refractivity contribution in [3.05, 3.63) is 71.2 Å². The maximum Gasteiger partial charge on any atom is 0.234 e. The Balaban J connectivity index is 1.72. The Labute approximate surface area is 171 Å². The molecule has 0 aliphatic rings. The molecule has 5 nitrogen and oxygen atoms in total. The molecule has 1 heterocycles. The van der Waals surface area contributed by atoms with Gasteiger partial charge in [-0.2, -0.15) is 0 Å². The molecule has 0 bridgehead atoms. The summed E-state index contributed by atoms with van der Waals surface area (Å²) in [7, 11) is 0. The average Bonchev–Trinajstić information content (AvgIpc) is 3.07. The van der Waals surface area contributed by atoms with Crippen molar-refractivity contribution < 1.29 is 4.79 Å². The average molecular weight is 419 g/mol. The fourth-order valence-electron chi connectivity index (χ4n) is 2.41. The molecule has 0 aliphatic heterocycles. The summed E-state index contributed by atoms with van der Waals surface area (Å²) >= 11 is 13.4. The normalized spacial score (nSPS) is 10.6. The highest BCUT2D eigenvalue weighted by Crippen LogP contribution is 2.30. The number of halogens is 2. The number of amides is 1. The van der Waals surface area contributed by atoms with E-state index in [2.05, 4.69) is 22.1 Å². The summed E-state index contributed by atoms with van der Waals surface area (Å²) in [5, 5.41) is 12.6. The standard InChI is InChI=1S/C19H16Cl2N4OS/c1-2-11-25-18(13-7-4-3-5-8-13)23-24-19(25)27-12-16(26)22-15-10-6-9-14(20)17(15)21/h2-10H,1,11-12H2,(H,22,26). The van der Waals surface area contributed by atoms with Crippen molar-refractivity contribution in [2.45, 2.75) is 11.7 Å². The molecule has 3 aromatic rings. The van der Waals surface area contributed by atoms with E-state index in [1.165, 1.54) is 11.8 Å². The van der Waals surface area contributed by atoms with Crippen molar-refractivity contribution in [1.29, 1.82) is 0 Å². The number of thioether (sulfide) groups is 1. The van der Waals surface area contributed by atoms with E-state index in [1.54, 1.807) is 24.3 Å². The van der Waals surface area contributed by atoms with Gasteiger partial charge in [-0.25, -0.2) is 0 Å². The van der Waals surface area contributed by atoms with Gasteiger partial charge in [-0.15, -0.1) is 16.8 Å². The Morgan fingerprint density at radius 1 is 1.15 bits per heavy atom. The van der Waals surface area contributed by atoms with Crippen molar-refractivity contribution in [3.63, 3.8) is 0 Å². The monoisotopic (exact) mass is 418 g/mol. The first kappa shape index (κ1) is 19.5. The number of hydrogen-bond donors (Lipinski definition) is 1. The molecule has 138 valence electrons. The minimum Gasteiger partial charge on any atom is -0.324 e. The van der Waals surface area contributed by atoms with E-state index in [-0.39, 0.29) is 11.7 Å². The van der Waals surface area contributed by atoms with Crippen molar-refractivity contribution in [2.75, 3.05) is 11.1 Å². The van der Waals surface area contributed by atoms with Crippen LogP contribution in [0.15, 0.2) is 66.3 Å². The van der Waals surface area contributed by atoms with Crippen LogP contribution in [-0.2, 0) is 11.3 Å². The summed E-state index contributed by atoms with van der Waals surface area (Å²) in [4.78, 5) is 12.3. The van der Waals surface area contributed by atoms with Crippen LogP contribution in [0.1, 0.15) is 0 Å². The van der Waals surface area contributed by atoms with Gasteiger partial charge in [0.2, 0.25) is 5.91 Å². The molecule has 0 spiro atoms. The van der Waals surface area contributed by atoms with Gasteiger partial charge in [0.15, 0.2) is 11.0 Å². The molecule has 1 amide bonds. The number of nitrogens with one attached hydrogen (secondary N) is 1. The molecule has 3 rings (SSSR count). The van der Waals surface area contributed by atoms with Crippen LogP contribution in [0.5, 0.6) is 0 Å². The van der Waals surface area contributed by atoms with Gasteiger partial charge in [0.1, 0.15) is 0 Å². The van der Waals surface area contributed by atoms with Crippen molar-refractivity contribution >= 4 is 46.6 Å². The zero-order valence-electron chi connectivity index (χ0n) is 14.2. The quantitative estimate of drug-likeness (QED) is 0.424. The summed E-state index contributed by atoms with van der Waals surface area (Å²) in [6.45, 7) is 4.33. The maximum absolute atomic E-state index is 12.3. The third-order valence-corrected chi connectivity index (χ3v) is 5.40. The van der Waals surface area contributed by atoms with Crippen LogP contribution in [0, 0.1) is 0 Å². The number of nitrogens with zero attached hydrogens (tertiary/aromatic N) is 3. The first-order chi connectivity index (χ1) is 13.1. The minimum absolute atomic E-state index is 0.160. The largest absolute Gasteiger partial charge is 0.324 e. The van der Waals surface area contributed by atoms with Gasteiger partial charge in [0, 0.05) is 12.1 Å². The summed E-state index contributed by atoms with van der Waals surface area (Å²) in [6.07, 6.45) is 1.77. The summed E-state index contributed by atoms with van der Waals surface area (Å²) in [6, 6.07) is 14.8. The molecule has 1 aromatic heterocycles. The van der Waals surface area contributed by atoms with Crippen LogP contribution >= 0.6 is 35.0 Å². The van der Waals surface area contributed by atoms with E-state index >= 15 is 0 Å². The van der Waals surface area contributed by atoms with Crippen LogP contribution in [0.25, 0.3) is 11.4 Å². The minimum atomic E-state index is -0.210. The first-order valence-corrected chi connectivity index (χ1v) is 9.80. The van der Waals surface area contributed by atoms with E-state index in [9.17, 15) is 4.79 Å². The Bertz CT molecular complexity index is 960. The number of anilines is 1. The lowest BCUT2D eigenvalue weighted by atomic mass is 10.2. The molecule has 0 fully saturated rings. The lowest BCUT2D eigenvalue weighted by molar-refractivity contribution is -0.113. The predicted octanol–water partition coefficient (Wildman–Crippen LogP) is 5.17. The second kappa shape index (κ2) is 9.08. The Morgan fingerprint density at radius 3 is 2.67 bits per heavy atom. The fourth-order valence-corrected chi connectivity index (χ4v) is 3.50. The van der Waals surface area contributed by atoms with Crippen molar-refractivity contribution in [2.24, 2.45) is 0 Å². The van der Waals surface area contributed by atoms with Gasteiger partial charge in [-0.3, -0.25) is 9.36 Å². The predicted molar refractivity (Wildman–Crippen MR) is 111 cm³/mol. The van der Waals surface area contributed by atoms with Gasteiger partial charge >= 0.3 is 0 Å². The van der Waals surface area contributed by atoms with Crippen LogP contribution in [0.3, 0.4) is 0 Å². The summed E-state index contributed by atoms with van der Waals surface area (Å²) < 4.78 is 1.92. The molecule has 8 heteroatoms. The number of rotatable bonds is 7. The Morgan fingerprint density at radius 2 is 1.93 bits per heavy atom. The Kier molecular flexibility index (Phi) is 6.55. The van der Waals surface area contributed by atoms with E-state index in [4.69, 9.17) is 23.2 Å². The number of aromatic nitrogens is 3. The smallest absolute Gasteiger partial charge is 0.234 e. The molecule has 2 aromatic carbocycles. The highest BCUT2D eigenvalue weighted by atomic mass is 35.5. The number of benzene rings is 2. The van der Waals surface area contributed by atoms with Crippen molar-refractivity contribution in [1.82, 2.24) is 14.8 Å². The number of carbonyl (C=O) groups excluding carboxylic acids is 1. The molecule has 0 unspecified atom stereocenters. The number of hydrogen-bond acceptors (Lipinski definition) is 4. The Hall–Kier alpha value is -2.28. The second-order valence-electron chi connectivity index (χ2n) is 5.51.